The summed E-state index contributed by atoms with van der Waals surface area (Å²) in [5.74, 6) is -2.23. The van der Waals surface area contributed by atoms with E-state index in [0.29, 0.717) is 38.2 Å². The molecule has 3 atom stereocenters. The number of carbonyl (C=O) groups excluding carboxylic acids is 2. The van der Waals surface area contributed by atoms with E-state index in [-0.39, 0.29) is 30.9 Å². The molecule has 2 amide bonds. The molecule has 1 fully saturated rings. The summed E-state index contributed by atoms with van der Waals surface area (Å²) in [5, 5.41) is 41.5. The fourth-order valence-electron chi connectivity index (χ4n) is 5.44. The maximum absolute atomic E-state index is 13.4. The van der Waals surface area contributed by atoms with Crippen LogP contribution in [0.15, 0.2) is 42.5 Å². The van der Waals surface area contributed by atoms with E-state index < -0.39 is 25.1 Å². The second-order valence-corrected chi connectivity index (χ2v) is 11.1. The zero-order chi connectivity index (χ0) is 31.4. The summed E-state index contributed by atoms with van der Waals surface area (Å²) >= 11 is 0. The van der Waals surface area contributed by atoms with E-state index in [1.807, 2.05) is 51.1 Å². The van der Waals surface area contributed by atoms with Crippen molar-refractivity contribution in [1.82, 2.24) is 10.2 Å². The SMILES string of the molecule is CCN(C(=O)C(C#N)C(C)Cc1cc(C#N)cc(CCOC(=O)N[C@@H](Cc2ccc(C)cc2)B(O)O)c1)C1CCOCC1. The number of nitriles is 2. The molecule has 11 heteroatoms. The van der Waals surface area contributed by atoms with Crippen LogP contribution < -0.4 is 5.32 Å². The molecular formula is C32H41BN4O6. The molecule has 0 radical (unpaired) electrons. The summed E-state index contributed by atoms with van der Waals surface area (Å²) < 4.78 is 10.7. The Kier molecular flexibility index (Phi) is 13.0. The van der Waals surface area contributed by atoms with Gasteiger partial charge in [-0.3, -0.25) is 4.79 Å². The fourth-order valence-corrected chi connectivity index (χ4v) is 5.44. The number of nitrogens with one attached hydrogen (secondary N) is 1. The summed E-state index contributed by atoms with van der Waals surface area (Å²) in [6, 6.07) is 17.3. The minimum Gasteiger partial charge on any atom is -0.449 e. The molecule has 0 spiro atoms. The van der Waals surface area contributed by atoms with Crippen LogP contribution in [-0.4, -0.2) is 72.4 Å². The minimum atomic E-state index is -1.77. The van der Waals surface area contributed by atoms with Crippen molar-refractivity contribution in [2.75, 3.05) is 26.4 Å². The Balaban J connectivity index is 1.59. The zero-order valence-corrected chi connectivity index (χ0v) is 25.2. The normalized spacial score (nSPS) is 15.3. The van der Waals surface area contributed by atoms with Crippen molar-refractivity contribution in [2.45, 2.75) is 64.9 Å². The Morgan fingerprint density at radius 1 is 1.09 bits per heavy atom. The summed E-state index contributed by atoms with van der Waals surface area (Å²) in [5.41, 5.74) is 3.93. The van der Waals surface area contributed by atoms with Crippen molar-refractivity contribution >= 4 is 19.1 Å². The monoisotopic (exact) mass is 588 g/mol. The molecule has 10 nitrogen and oxygen atoms in total. The number of amides is 2. The Morgan fingerprint density at radius 3 is 2.37 bits per heavy atom. The average molecular weight is 589 g/mol. The third kappa shape index (κ3) is 10.1. The third-order valence-corrected chi connectivity index (χ3v) is 7.83. The lowest BCUT2D eigenvalue weighted by molar-refractivity contribution is -0.139. The molecule has 1 heterocycles. The van der Waals surface area contributed by atoms with Crippen LogP contribution >= 0.6 is 0 Å². The molecule has 43 heavy (non-hydrogen) atoms. The van der Waals surface area contributed by atoms with Gasteiger partial charge in [0.05, 0.1) is 30.2 Å². The van der Waals surface area contributed by atoms with Crippen molar-refractivity contribution in [1.29, 1.82) is 10.5 Å². The number of hydrogen-bond acceptors (Lipinski definition) is 8. The number of hydrogen-bond donors (Lipinski definition) is 3. The molecule has 2 unspecified atom stereocenters. The molecule has 2 aromatic carbocycles. The van der Waals surface area contributed by atoms with Crippen LogP contribution in [0.2, 0.25) is 0 Å². The van der Waals surface area contributed by atoms with Crippen molar-refractivity contribution < 1.29 is 29.1 Å². The Bertz CT molecular complexity index is 1300. The molecule has 228 valence electrons. The minimum absolute atomic E-state index is 0.00432. The van der Waals surface area contributed by atoms with Gasteiger partial charge in [0.1, 0.15) is 5.92 Å². The molecule has 0 bridgehead atoms. The predicted molar refractivity (Wildman–Crippen MR) is 161 cm³/mol. The van der Waals surface area contributed by atoms with E-state index in [4.69, 9.17) is 9.47 Å². The first-order chi connectivity index (χ1) is 20.6. The first-order valence-electron chi connectivity index (χ1n) is 14.8. The highest BCUT2D eigenvalue weighted by Gasteiger charge is 2.33. The van der Waals surface area contributed by atoms with Gasteiger partial charge in [0, 0.05) is 32.2 Å². The number of nitrogens with zero attached hydrogens (tertiary/aromatic N) is 3. The topological polar surface area (TPSA) is 156 Å². The first-order valence-corrected chi connectivity index (χ1v) is 14.8. The van der Waals surface area contributed by atoms with Gasteiger partial charge in [-0.1, -0.05) is 42.8 Å². The molecule has 1 saturated heterocycles. The van der Waals surface area contributed by atoms with Gasteiger partial charge < -0.3 is 29.7 Å². The summed E-state index contributed by atoms with van der Waals surface area (Å²) in [6.07, 6.45) is 1.70. The van der Waals surface area contributed by atoms with E-state index in [1.54, 1.807) is 17.0 Å². The van der Waals surface area contributed by atoms with Crippen LogP contribution in [0, 0.1) is 41.4 Å². The summed E-state index contributed by atoms with van der Waals surface area (Å²) in [6.45, 7) is 7.49. The lowest BCUT2D eigenvalue weighted by Gasteiger charge is -2.35. The van der Waals surface area contributed by atoms with Gasteiger partial charge >= 0.3 is 13.2 Å². The lowest BCUT2D eigenvalue weighted by Crippen LogP contribution is -2.48. The largest absolute Gasteiger partial charge is 0.475 e. The number of ether oxygens (including phenoxy) is 2. The maximum Gasteiger partial charge on any atom is 0.475 e. The molecule has 2 aromatic rings. The highest BCUT2D eigenvalue weighted by molar-refractivity contribution is 6.43. The number of alkyl carbamates (subject to hydrolysis) is 1. The second-order valence-electron chi connectivity index (χ2n) is 11.1. The van der Waals surface area contributed by atoms with Crippen LogP contribution in [0.5, 0.6) is 0 Å². The van der Waals surface area contributed by atoms with Gasteiger partial charge in [-0.2, -0.15) is 10.5 Å². The molecular weight excluding hydrogens is 547 g/mol. The smallest absolute Gasteiger partial charge is 0.449 e. The van der Waals surface area contributed by atoms with E-state index in [2.05, 4.69) is 17.5 Å². The van der Waals surface area contributed by atoms with Crippen molar-refractivity contribution in [3.05, 3.63) is 70.3 Å². The molecule has 0 aromatic heterocycles. The van der Waals surface area contributed by atoms with E-state index in [0.717, 1.165) is 35.1 Å². The summed E-state index contributed by atoms with van der Waals surface area (Å²) in [4.78, 5) is 27.6. The van der Waals surface area contributed by atoms with Gasteiger partial charge in [-0.25, -0.2) is 4.79 Å². The van der Waals surface area contributed by atoms with Gasteiger partial charge in [-0.05, 0) is 74.3 Å². The van der Waals surface area contributed by atoms with E-state index >= 15 is 0 Å². The first kappa shape index (κ1) is 33.6. The Labute approximate surface area is 254 Å². The van der Waals surface area contributed by atoms with Crippen molar-refractivity contribution in [3.8, 4) is 12.1 Å². The third-order valence-electron chi connectivity index (χ3n) is 7.83. The van der Waals surface area contributed by atoms with Crippen LogP contribution in [0.1, 0.15) is 54.5 Å². The number of aryl methyl sites for hydroxylation is 1. The van der Waals surface area contributed by atoms with Crippen LogP contribution in [-0.2, 0) is 33.5 Å². The standard InChI is InChI=1S/C32H41BN4O6/c1-4-37(28-10-12-42-13-11-28)31(38)29(21-35)23(3)15-26-16-25(17-27(18-26)20-34)9-14-43-32(39)36-30(33(40)41)19-24-7-5-22(2)6-8-24/h5-8,16-18,23,28-30,40-41H,4,9-15,19H2,1-3H3,(H,36,39)/t23?,29?,30-/m0/s1. The number of rotatable bonds is 13. The van der Waals surface area contributed by atoms with E-state index in [1.165, 1.54) is 0 Å². The zero-order valence-electron chi connectivity index (χ0n) is 25.2. The van der Waals surface area contributed by atoms with Gasteiger partial charge in [0.15, 0.2) is 0 Å². The second kappa shape index (κ2) is 16.7. The highest BCUT2D eigenvalue weighted by atomic mass is 16.5. The molecule has 0 saturated carbocycles. The molecule has 1 aliphatic heterocycles. The molecule has 0 aliphatic carbocycles. The quantitative estimate of drug-likeness (QED) is 0.302. The average Bonchev–Trinajstić information content (AvgIpc) is 2.99. The van der Waals surface area contributed by atoms with Crippen molar-refractivity contribution in [2.24, 2.45) is 11.8 Å². The molecule has 3 N–H and O–H groups in total. The predicted octanol–water partition coefficient (Wildman–Crippen LogP) is 3.10. The van der Waals surface area contributed by atoms with Crippen molar-refractivity contribution in [3.63, 3.8) is 0 Å². The van der Waals surface area contributed by atoms with Crippen LogP contribution in [0.25, 0.3) is 0 Å². The van der Waals surface area contributed by atoms with Gasteiger partial charge in [0.2, 0.25) is 5.91 Å². The highest BCUT2D eigenvalue weighted by Crippen LogP contribution is 2.24. The summed E-state index contributed by atoms with van der Waals surface area (Å²) in [7, 11) is -1.77. The Morgan fingerprint density at radius 2 is 1.77 bits per heavy atom. The fraction of sp³-hybridized carbons (Fsp3) is 0.500. The number of carbonyl (C=O) groups is 2. The number of benzene rings is 2. The Hall–Kier alpha value is -3.90. The van der Waals surface area contributed by atoms with Gasteiger partial charge in [-0.15, -0.1) is 0 Å². The molecule has 3 rings (SSSR count). The van der Waals surface area contributed by atoms with E-state index in [9.17, 15) is 30.2 Å². The van der Waals surface area contributed by atoms with Crippen LogP contribution in [0.4, 0.5) is 4.79 Å². The maximum atomic E-state index is 13.4. The lowest BCUT2D eigenvalue weighted by atomic mass is 9.76. The van der Waals surface area contributed by atoms with Crippen LogP contribution in [0.3, 0.4) is 0 Å². The van der Waals surface area contributed by atoms with Gasteiger partial charge in [0.25, 0.3) is 0 Å². The molecule has 1 aliphatic rings.